The lowest BCUT2D eigenvalue weighted by molar-refractivity contribution is -0.118. The second kappa shape index (κ2) is 8.05. The first kappa shape index (κ1) is 22.3. The maximum Gasteiger partial charge on any atom is 0.293 e. The number of anilines is 1. The molecule has 1 aliphatic heterocycles. The van der Waals surface area contributed by atoms with Gasteiger partial charge in [0.05, 0.1) is 10.6 Å². The maximum atomic E-state index is 13.5. The molecule has 2 aromatic heterocycles. The highest BCUT2D eigenvalue weighted by molar-refractivity contribution is 6.44. The molecule has 1 aromatic carbocycles. The van der Waals surface area contributed by atoms with Gasteiger partial charge in [-0.3, -0.25) is 19.5 Å². The van der Waals surface area contributed by atoms with E-state index in [0.29, 0.717) is 60.1 Å². The number of halogens is 2. The van der Waals surface area contributed by atoms with Gasteiger partial charge in [0.2, 0.25) is 0 Å². The highest BCUT2D eigenvalue weighted by Gasteiger charge is 2.50. The molecule has 0 atom stereocenters. The molecule has 3 N–H and O–H groups in total. The third-order valence-corrected chi connectivity index (χ3v) is 6.65. The second-order valence-electron chi connectivity index (χ2n) is 8.74. The predicted octanol–water partition coefficient (Wildman–Crippen LogP) is 3.20. The molecule has 0 unspecified atom stereocenters. The van der Waals surface area contributed by atoms with E-state index >= 15 is 0 Å². The number of aromatic amines is 1. The van der Waals surface area contributed by atoms with Gasteiger partial charge in [0.1, 0.15) is 22.9 Å². The molecule has 34 heavy (non-hydrogen) atoms. The van der Waals surface area contributed by atoms with E-state index in [4.69, 9.17) is 11.6 Å². The highest BCUT2D eigenvalue weighted by Crippen LogP contribution is 2.44. The van der Waals surface area contributed by atoms with E-state index < -0.39 is 29.0 Å². The first-order chi connectivity index (χ1) is 16.2. The standard InChI is InChI=1S/C23H22ClFN6O3/c1-11-17(19(32)21(34)28-23(7-8-23)22-26-12(2)29-30-22)16-4-3-9-31(16)18(11)20(33)27-13-5-6-15(25)14(24)10-13/h5-6,10H,3-4,7-9H2,1-2H3,(H,27,33)(H,28,34)(H,26,29,30). The van der Waals surface area contributed by atoms with Crippen molar-refractivity contribution >= 4 is 34.9 Å². The van der Waals surface area contributed by atoms with E-state index in [1.165, 1.54) is 12.1 Å². The van der Waals surface area contributed by atoms with Gasteiger partial charge in [-0.1, -0.05) is 11.6 Å². The zero-order valence-electron chi connectivity index (χ0n) is 18.6. The van der Waals surface area contributed by atoms with Crippen molar-refractivity contribution in [2.75, 3.05) is 5.32 Å². The predicted molar refractivity (Wildman–Crippen MR) is 121 cm³/mol. The Morgan fingerprint density at radius 1 is 1.24 bits per heavy atom. The molecule has 2 aliphatic rings. The van der Waals surface area contributed by atoms with E-state index in [-0.39, 0.29) is 10.6 Å². The van der Waals surface area contributed by atoms with E-state index in [9.17, 15) is 18.8 Å². The van der Waals surface area contributed by atoms with Crippen LogP contribution in [-0.4, -0.2) is 37.3 Å². The van der Waals surface area contributed by atoms with Crippen LogP contribution in [0.1, 0.15) is 63.0 Å². The number of H-pyrrole nitrogens is 1. The fraction of sp³-hybridized carbons (Fsp3) is 0.348. The summed E-state index contributed by atoms with van der Waals surface area (Å²) in [7, 11) is 0. The van der Waals surface area contributed by atoms with Gasteiger partial charge >= 0.3 is 0 Å². The Morgan fingerprint density at radius 3 is 2.65 bits per heavy atom. The van der Waals surface area contributed by atoms with Crippen molar-refractivity contribution in [3.63, 3.8) is 0 Å². The second-order valence-corrected chi connectivity index (χ2v) is 9.15. The SMILES string of the molecule is Cc1nc(C2(NC(=O)C(=O)c3c(C)c(C(=O)Nc4ccc(F)c(Cl)c4)n4c3CCC4)CC2)n[nH]1. The smallest absolute Gasteiger partial charge is 0.293 e. The van der Waals surface area contributed by atoms with Gasteiger partial charge in [-0.15, -0.1) is 0 Å². The number of aromatic nitrogens is 4. The van der Waals surface area contributed by atoms with Crippen LogP contribution in [0.5, 0.6) is 0 Å². The number of nitrogens with zero attached hydrogens (tertiary/aromatic N) is 3. The average molecular weight is 485 g/mol. The first-order valence-electron chi connectivity index (χ1n) is 10.9. The third kappa shape index (κ3) is 3.67. The molecule has 3 aromatic rings. The number of ketones is 1. The summed E-state index contributed by atoms with van der Waals surface area (Å²) in [5.41, 5.74) is 1.23. The number of rotatable bonds is 6. The number of hydrogen-bond donors (Lipinski definition) is 3. The summed E-state index contributed by atoms with van der Waals surface area (Å²) in [6.07, 6.45) is 2.62. The van der Waals surface area contributed by atoms with Crippen LogP contribution >= 0.6 is 11.6 Å². The lowest BCUT2D eigenvalue weighted by Gasteiger charge is -2.13. The summed E-state index contributed by atoms with van der Waals surface area (Å²) in [6, 6.07) is 3.88. The number of Topliss-reactive ketones (excluding diaryl/α,β-unsaturated/α-hetero) is 1. The van der Waals surface area contributed by atoms with Crippen LogP contribution in [-0.2, 0) is 23.3 Å². The molecule has 0 radical (unpaired) electrons. The fourth-order valence-corrected chi connectivity index (χ4v) is 4.73. The molecular weight excluding hydrogens is 463 g/mol. The zero-order chi connectivity index (χ0) is 24.2. The molecular formula is C23H22ClFN6O3. The summed E-state index contributed by atoms with van der Waals surface area (Å²) in [6.45, 7) is 3.97. The Morgan fingerprint density at radius 2 is 2.00 bits per heavy atom. The molecule has 0 saturated heterocycles. The van der Waals surface area contributed by atoms with Gasteiger partial charge in [-0.2, -0.15) is 5.10 Å². The number of aryl methyl sites for hydroxylation is 1. The van der Waals surface area contributed by atoms with Crippen LogP contribution < -0.4 is 10.6 Å². The molecule has 9 nitrogen and oxygen atoms in total. The normalized spacial score (nSPS) is 15.6. The van der Waals surface area contributed by atoms with E-state index in [1.54, 1.807) is 18.4 Å². The van der Waals surface area contributed by atoms with E-state index in [2.05, 4.69) is 25.8 Å². The summed E-state index contributed by atoms with van der Waals surface area (Å²) in [5, 5.41) is 12.3. The molecule has 5 rings (SSSR count). The average Bonchev–Trinajstić information content (AvgIpc) is 3.08. The number of carbonyl (C=O) groups is 3. The molecule has 176 valence electrons. The Kier molecular flexibility index (Phi) is 5.27. The van der Waals surface area contributed by atoms with Crippen molar-refractivity contribution in [2.24, 2.45) is 0 Å². The van der Waals surface area contributed by atoms with E-state index in [0.717, 1.165) is 12.5 Å². The van der Waals surface area contributed by atoms with Gasteiger partial charge in [-0.25, -0.2) is 9.37 Å². The van der Waals surface area contributed by atoms with Crippen LogP contribution in [0.4, 0.5) is 10.1 Å². The summed E-state index contributed by atoms with van der Waals surface area (Å²) in [4.78, 5) is 43.7. The summed E-state index contributed by atoms with van der Waals surface area (Å²) in [5.74, 6) is -1.40. The Balaban J connectivity index is 1.42. The van der Waals surface area contributed by atoms with Crippen molar-refractivity contribution < 1.29 is 18.8 Å². The lowest BCUT2D eigenvalue weighted by Crippen LogP contribution is -2.40. The van der Waals surface area contributed by atoms with E-state index in [1.807, 2.05) is 0 Å². The topological polar surface area (TPSA) is 122 Å². The summed E-state index contributed by atoms with van der Waals surface area (Å²) < 4.78 is 15.2. The number of amides is 2. The monoisotopic (exact) mass is 484 g/mol. The van der Waals surface area contributed by atoms with Crippen molar-refractivity contribution in [1.82, 2.24) is 25.1 Å². The van der Waals surface area contributed by atoms with Crippen LogP contribution in [0, 0.1) is 19.7 Å². The quantitative estimate of drug-likeness (QED) is 0.366. The number of carbonyl (C=O) groups excluding carboxylic acids is 3. The van der Waals surface area contributed by atoms with Crippen molar-refractivity contribution in [2.45, 2.75) is 51.6 Å². The van der Waals surface area contributed by atoms with Gasteiger partial charge in [-0.05, 0) is 63.3 Å². The van der Waals surface area contributed by atoms with Crippen LogP contribution in [0.15, 0.2) is 18.2 Å². The minimum absolute atomic E-state index is 0.113. The molecule has 1 aliphatic carbocycles. The Bertz CT molecular complexity index is 1360. The number of fused-ring (bicyclic) bond motifs is 1. The lowest BCUT2D eigenvalue weighted by atomic mass is 10.0. The maximum absolute atomic E-state index is 13.5. The largest absolute Gasteiger partial charge is 0.340 e. The molecule has 11 heteroatoms. The molecule has 1 fully saturated rings. The van der Waals surface area contributed by atoms with Gasteiger partial charge in [0, 0.05) is 17.9 Å². The summed E-state index contributed by atoms with van der Waals surface area (Å²) >= 11 is 5.82. The van der Waals surface area contributed by atoms with Crippen molar-refractivity contribution in [1.29, 1.82) is 0 Å². The number of nitrogens with one attached hydrogen (secondary N) is 3. The minimum atomic E-state index is -0.749. The molecule has 0 spiro atoms. The number of hydrogen-bond acceptors (Lipinski definition) is 5. The van der Waals surface area contributed by atoms with Crippen LogP contribution in [0.3, 0.4) is 0 Å². The Hall–Kier alpha value is -3.53. The third-order valence-electron chi connectivity index (χ3n) is 6.36. The van der Waals surface area contributed by atoms with Gasteiger partial charge < -0.3 is 15.2 Å². The Labute approximate surface area is 199 Å². The van der Waals surface area contributed by atoms with Crippen molar-refractivity contribution in [3.8, 4) is 0 Å². The molecule has 2 amide bonds. The van der Waals surface area contributed by atoms with Crippen LogP contribution in [0.2, 0.25) is 5.02 Å². The number of benzene rings is 1. The minimum Gasteiger partial charge on any atom is -0.340 e. The molecule has 1 saturated carbocycles. The molecule has 3 heterocycles. The van der Waals surface area contributed by atoms with Gasteiger partial charge in [0.15, 0.2) is 5.82 Å². The first-order valence-corrected chi connectivity index (χ1v) is 11.3. The van der Waals surface area contributed by atoms with Gasteiger partial charge in [0.25, 0.3) is 17.6 Å². The van der Waals surface area contributed by atoms with Crippen molar-refractivity contribution in [3.05, 3.63) is 63.2 Å². The molecule has 0 bridgehead atoms. The van der Waals surface area contributed by atoms with Crippen LogP contribution in [0.25, 0.3) is 0 Å². The zero-order valence-corrected chi connectivity index (χ0v) is 19.3. The fourth-order valence-electron chi connectivity index (χ4n) is 4.55. The highest BCUT2D eigenvalue weighted by atomic mass is 35.5.